The zero-order valence-corrected chi connectivity index (χ0v) is 15.4. The molecule has 0 spiro atoms. The second kappa shape index (κ2) is 10.1. The maximum absolute atomic E-state index is 11.2. The van der Waals surface area contributed by atoms with Gasteiger partial charge in [-0.25, -0.2) is 14.6 Å². The number of amidine groups is 1. The summed E-state index contributed by atoms with van der Waals surface area (Å²) in [7, 11) is 0. The lowest BCUT2D eigenvalue weighted by Gasteiger charge is -2.03. The van der Waals surface area contributed by atoms with Crippen LogP contribution in [0.15, 0.2) is 58.2 Å². The number of nitrogens with zero attached hydrogens (tertiary/aromatic N) is 2. The minimum absolute atomic E-state index is 0.257. The Labute approximate surface area is 158 Å². The first-order valence-electron chi connectivity index (χ1n) is 8.72. The summed E-state index contributed by atoms with van der Waals surface area (Å²) in [5, 5.41) is 0. The number of carbonyl (C=O) groups excluding carboxylic acids is 2. The van der Waals surface area contributed by atoms with Crippen LogP contribution in [0.1, 0.15) is 32.3 Å². The average Bonchev–Trinajstić information content (AvgIpc) is 3.27. The van der Waals surface area contributed by atoms with E-state index in [2.05, 4.69) is 9.98 Å². The Morgan fingerprint density at radius 2 is 2.07 bits per heavy atom. The Morgan fingerprint density at radius 3 is 2.63 bits per heavy atom. The van der Waals surface area contributed by atoms with Crippen molar-refractivity contribution >= 4 is 29.7 Å². The van der Waals surface area contributed by atoms with Gasteiger partial charge in [-0.05, 0) is 31.9 Å². The standard InChI is InChI=1S/C13H11NO2.C7H12N2O2/c1-2-11-13(15)16-12(14-11)9-8-10-6-4-3-5-7-10;1-2-11-7(10)5-3-4-6(8)9-5/h2-9H,1H3;5H,2-4H2,1H3,(H2,8,9)/b9-8+,11-2-;. The van der Waals surface area contributed by atoms with Gasteiger partial charge in [0, 0.05) is 12.5 Å². The van der Waals surface area contributed by atoms with Crippen molar-refractivity contribution in [1.29, 1.82) is 0 Å². The number of ether oxygens (including phenoxy) is 2. The molecular formula is C20H23N3O4. The third kappa shape index (κ3) is 6.22. The third-order valence-corrected chi connectivity index (χ3v) is 3.68. The number of esters is 2. The van der Waals surface area contributed by atoms with Gasteiger partial charge in [0.15, 0.2) is 0 Å². The predicted octanol–water partition coefficient (Wildman–Crippen LogP) is 2.63. The molecule has 0 radical (unpaired) electrons. The summed E-state index contributed by atoms with van der Waals surface area (Å²) < 4.78 is 9.72. The predicted molar refractivity (Wildman–Crippen MR) is 104 cm³/mol. The van der Waals surface area contributed by atoms with Crippen LogP contribution in [0.2, 0.25) is 0 Å². The Hall–Kier alpha value is -3.22. The number of hydrogen-bond acceptors (Lipinski definition) is 7. The molecule has 2 aliphatic rings. The summed E-state index contributed by atoms with van der Waals surface area (Å²) >= 11 is 0. The molecule has 0 aromatic heterocycles. The van der Waals surface area contributed by atoms with Crippen molar-refractivity contribution in [1.82, 2.24) is 0 Å². The first-order chi connectivity index (χ1) is 13.0. The van der Waals surface area contributed by atoms with Crippen LogP contribution < -0.4 is 5.73 Å². The molecule has 142 valence electrons. The monoisotopic (exact) mass is 369 g/mol. The Morgan fingerprint density at radius 1 is 1.33 bits per heavy atom. The zero-order chi connectivity index (χ0) is 19.6. The van der Waals surface area contributed by atoms with E-state index in [0.29, 0.717) is 36.9 Å². The highest BCUT2D eigenvalue weighted by molar-refractivity contribution is 6.09. The molecule has 0 bridgehead atoms. The number of hydrogen-bond donors (Lipinski definition) is 1. The topological polar surface area (TPSA) is 103 Å². The Kier molecular flexibility index (Phi) is 7.49. The number of carbonyl (C=O) groups is 2. The summed E-state index contributed by atoms with van der Waals surface area (Å²) in [6, 6.07) is 9.42. The number of allylic oxidation sites excluding steroid dienone is 1. The van der Waals surface area contributed by atoms with Crippen LogP contribution in [0.3, 0.4) is 0 Å². The van der Waals surface area contributed by atoms with Crippen LogP contribution in [-0.4, -0.2) is 36.3 Å². The molecule has 0 saturated carbocycles. The molecule has 2 heterocycles. The summed E-state index contributed by atoms with van der Waals surface area (Å²) in [6.45, 7) is 3.94. The molecule has 1 atom stereocenters. The Balaban J connectivity index is 0.000000208. The lowest BCUT2D eigenvalue weighted by atomic mass is 10.2. The first-order valence-corrected chi connectivity index (χ1v) is 8.72. The molecule has 2 aliphatic heterocycles. The minimum Gasteiger partial charge on any atom is -0.464 e. The van der Waals surface area contributed by atoms with Crippen LogP contribution in [-0.2, 0) is 19.1 Å². The van der Waals surface area contributed by atoms with Crippen LogP contribution in [0.5, 0.6) is 0 Å². The van der Waals surface area contributed by atoms with Crippen LogP contribution >= 0.6 is 0 Å². The van der Waals surface area contributed by atoms with Crippen LogP contribution in [0.25, 0.3) is 6.08 Å². The highest BCUT2D eigenvalue weighted by atomic mass is 16.6. The fourth-order valence-electron chi connectivity index (χ4n) is 2.34. The minimum atomic E-state index is -0.393. The lowest BCUT2D eigenvalue weighted by molar-refractivity contribution is -0.144. The van der Waals surface area contributed by atoms with Crippen molar-refractivity contribution in [3.05, 3.63) is 53.7 Å². The molecule has 0 aliphatic carbocycles. The zero-order valence-electron chi connectivity index (χ0n) is 15.4. The van der Waals surface area contributed by atoms with E-state index in [1.807, 2.05) is 36.4 Å². The van der Waals surface area contributed by atoms with Gasteiger partial charge >= 0.3 is 11.9 Å². The van der Waals surface area contributed by atoms with Gasteiger partial charge in [0.2, 0.25) is 5.90 Å². The molecule has 0 fully saturated rings. The summed E-state index contributed by atoms with van der Waals surface area (Å²) in [5.41, 5.74) is 6.79. The van der Waals surface area contributed by atoms with Gasteiger partial charge in [-0.3, -0.25) is 4.99 Å². The van der Waals surface area contributed by atoms with Crippen molar-refractivity contribution in [3.8, 4) is 0 Å². The smallest absolute Gasteiger partial charge is 0.363 e. The molecule has 27 heavy (non-hydrogen) atoms. The van der Waals surface area contributed by atoms with Gasteiger partial charge in [0.05, 0.1) is 12.4 Å². The molecule has 3 rings (SSSR count). The Bertz CT molecular complexity index is 795. The number of benzene rings is 1. The highest BCUT2D eigenvalue weighted by Gasteiger charge is 2.23. The van der Waals surface area contributed by atoms with Gasteiger partial charge in [-0.1, -0.05) is 36.4 Å². The van der Waals surface area contributed by atoms with E-state index in [0.717, 1.165) is 5.56 Å². The molecule has 1 aromatic carbocycles. The maximum Gasteiger partial charge on any atom is 0.363 e. The number of nitrogens with two attached hydrogens (primary N) is 1. The number of cyclic esters (lactones) is 1. The number of rotatable bonds is 4. The summed E-state index contributed by atoms with van der Waals surface area (Å²) in [5.74, 6) is 0.244. The fourth-order valence-corrected chi connectivity index (χ4v) is 2.34. The van der Waals surface area contributed by atoms with E-state index in [1.54, 1.807) is 26.0 Å². The summed E-state index contributed by atoms with van der Waals surface area (Å²) in [4.78, 5) is 30.1. The van der Waals surface area contributed by atoms with Crippen LogP contribution in [0.4, 0.5) is 0 Å². The van der Waals surface area contributed by atoms with E-state index in [4.69, 9.17) is 15.2 Å². The van der Waals surface area contributed by atoms with Gasteiger partial charge < -0.3 is 15.2 Å². The molecule has 0 saturated heterocycles. The average molecular weight is 369 g/mol. The largest absolute Gasteiger partial charge is 0.464 e. The van der Waals surface area contributed by atoms with Crippen molar-refractivity contribution < 1.29 is 19.1 Å². The molecule has 7 heteroatoms. The van der Waals surface area contributed by atoms with E-state index < -0.39 is 5.97 Å². The SMILES string of the molecule is C/C=C1N=C(/C=C/c2ccccc2)OC\1=O.CCOC(=O)C1CCC(N)=N1. The van der Waals surface area contributed by atoms with Crippen molar-refractivity contribution in [2.24, 2.45) is 15.7 Å². The molecule has 1 unspecified atom stereocenters. The van der Waals surface area contributed by atoms with Crippen molar-refractivity contribution in [3.63, 3.8) is 0 Å². The van der Waals surface area contributed by atoms with Gasteiger partial charge in [-0.15, -0.1) is 0 Å². The summed E-state index contributed by atoms with van der Waals surface area (Å²) in [6.07, 6.45) is 6.58. The molecule has 7 nitrogen and oxygen atoms in total. The number of aliphatic imine (C=N–C) groups is 2. The van der Waals surface area contributed by atoms with E-state index in [9.17, 15) is 9.59 Å². The fraction of sp³-hybridized carbons (Fsp3) is 0.300. The van der Waals surface area contributed by atoms with E-state index >= 15 is 0 Å². The van der Waals surface area contributed by atoms with Gasteiger partial charge in [-0.2, -0.15) is 0 Å². The third-order valence-electron chi connectivity index (χ3n) is 3.68. The molecule has 0 amide bonds. The van der Waals surface area contributed by atoms with E-state index in [-0.39, 0.29) is 12.0 Å². The first kappa shape index (κ1) is 20.1. The molecule has 2 N–H and O–H groups in total. The van der Waals surface area contributed by atoms with Crippen LogP contribution in [0, 0.1) is 0 Å². The highest BCUT2D eigenvalue weighted by Crippen LogP contribution is 2.12. The second-order valence-corrected chi connectivity index (χ2v) is 5.68. The van der Waals surface area contributed by atoms with Gasteiger partial charge in [0.25, 0.3) is 0 Å². The second-order valence-electron chi connectivity index (χ2n) is 5.68. The van der Waals surface area contributed by atoms with E-state index in [1.165, 1.54) is 0 Å². The molecular weight excluding hydrogens is 346 g/mol. The quantitative estimate of drug-likeness (QED) is 0.649. The van der Waals surface area contributed by atoms with Crippen molar-refractivity contribution in [2.45, 2.75) is 32.7 Å². The van der Waals surface area contributed by atoms with Gasteiger partial charge in [0.1, 0.15) is 11.7 Å². The molecule has 1 aromatic rings. The normalized spacial score (nSPS) is 20.0. The maximum atomic E-state index is 11.2. The lowest BCUT2D eigenvalue weighted by Crippen LogP contribution is -2.19. The van der Waals surface area contributed by atoms with Crippen molar-refractivity contribution in [2.75, 3.05) is 6.61 Å².